The molecule has 2 rings (SSSR count). The van der Waals surface area contributed by atoms with Gasteiger partial charge in [-0.15, -0.1) is 0 Å². The molecule has 1 saturated heterocycles. The Morgan fingerprint density at radius 1 is 1.32 bits per heavy atom. The number of hydrogen-bond donors (Lipinski definition) is 1. The molecule has 0 aliphatic carbocycles. The van der Waals surface area contributed by atoms with E-state index >= 15 is 0 Å². The van der Waals surface area contributed by atoms with Crippen LogP contribution in [0.1, 0.15) is 44.7 Å². The van der Waals surface area contributed by atoms with Crippen molar-refractivity contribution in [3.05, 3.63) is 29.3 Å². The normalized spacial score (nSPS) is 18.7. The predicted molar refractivity (Wildman–Crippen MR) is 88.9 cm³/mol. The van der Waals surface area contributed by atoms with Crippen molar-refractivity contribution in [2.75, 3.05) is 11.4 Å². The van der Waals surface area contributed by atoms with Crippen molar-refractivity contribution in [1.82, 2.24) is 5.32 Å². The van der Waals surface area contributed by atoms with Gasteiger partial charge in [0.25, 0.3) is 0 Å². The first-order chi connectivity index (χ1) is 10.2. The molecule has 22 heavy (non-hydrogen) atoms. The lowest BCUT2D eigenvalue weighted by Gasteiger charge is -2.26. The Bertz CT molecular complexity index is 593. The molecule has 1 fully saturated rings. The van der Waals surface area contributed by atoms with Crippen LogP contribution in [0.4, 0.5) is 5.69 Å². The van der Waals surface area contributed by atoms with Gasteiger partial charge in [-0.1, -0.05) is 13.0 Å². The topological polar surface area (TPSA) is 49.4 Å². The molecule has 0 aromatic heterocycles. The minimum atomic E-state index is -0.264. The highest BCUT2D eigenvalue weighted by atomic mass is 16.2. The van der Waals surface area contributed by atoms with Crippen LogP contribution < -0.4 is 10.2 Å². The van der Waals surface area contributed by atoms with Crippen LogP contribution in [0, 0.1) is 19.8 Å². The molecule has 2 amide bonds. The molecule has 1 aliphatic rings. The highest BCUT2D eigenvalue weighted by Crippen LogP contribution is 2.27. The first-order valence-electron chi connectivity index (χ1n) is 7.93. The number of carbonyl (C=O) groups excluding carboxylic acids is 2. The maximum Gasteiger partial charge on any atom is 0.227 e. The van der Waals surface area contributed by atoms with E-state index in [1.165, 1.54) is 5.56 Å². The molecule has 1 N–H and O–H groups in total. The van der Waals surface area contributed by atoms with Crippen molar-refractivity contribution in [3.63, 3.8) is 0 Å². The smallest absolute Gasteiger partial charge is 0.227 e. The Morgan fingerprint density at radius 2 is 2.00 bits per heavy atom. The molecule has 1 atom stereocenters. The first kappa shape index (κ1) is 16.5. The minimum absolute atomic E-state index is 0.0217. The molecule has 0 bridgehead atoms. The monoisotopic (exact) mass is 302 g/mol. The number of benzene rings is 1. The average molecular weight is 302 g/mol. The van der Waals surface area contributed by atoms with Crippen LogP contribution in [0.2, 0.25) is 0 Å². The summed E-state index contributed by atoms with van der Waals surface area (Å²) in [6.07, 6.45) is 1.15. The van der Waals surface area contributed by atoms with Crippen molar-refractivity contribution in [3.8, 4) is 0 Å². The van der Waals surface area contributed by atoms with E-state index in [9.17, 15) is 9.59 Å². The minimum Gasteiger partial charge on any atom is -0.351 e. The van der Waals surface area contributed by atoms with Crippen molar-refractivity contribution in [2.24, 2.45) is 5.92 Å². The maximum atomic E-state index is 12.4. The van der Waals surface area contributed by atoms with Gasteiger partial charge < -0.3 is 10.2 Å². The van der Waals surface area contributed by atoms with E-state index in [1.54, 1.807) is 4.90 Å². The number of hydrogen-bond acceptors (Lipinski definition) is 2. The highest BCUT2D eigenvalue weighted by Gasteiger charge is 2.36. The molecule has 0 spiro atoms. The van der Waals surface area contributed by atoms with E-state index in [2.05, 4.69) is 5.32 Å². The Labute approximate surface area is 132 Å². The quantitative estimate of drug-likeness (QED) is 0.929. The Balaban J connectivity index is 2.10. The molecule has 4 heteroatoms. The fourth-order valence-corrected chi connectivity index (χ4v) is 2.55. The lowest BCUT2D eigenvalue weighted by atomic mass is 9.99. The van der Waals surface area contributed by atoms with Crippen LogP contribution >= 0.6 is 0 Å². The molecule has 1 unspecified atom stereocenters. The van der Waals surface area contributed by atoms with Crippen LogP contribution in [-0.2, 0) is 9.59 Å². The second-order valence-corrected chi connectivity index (χ2v) is 6.90. The molecular formula is C18H26N2O2. The van der Waals surface area contributed by atoms with E-state index in [4.69, 9.17) is 0 Å². The number of carbonyl (C=O) groups is 2. The predicted octanol–water partition coefficient (Wildman–Crippen LogP) is 2.96. The van der Waals surface area contributed by atoms with Crippen LogP contribution in [-0.4, -0.2) is 23.9 Å². The highest BCUT2D eigenvalue weighted by molar-refractivity contribution is 6.00. The molecule has 1 aromatic carbocycles. The molecule has 0 radical (unpaired) electrons. The van der Waals surface area contributed by atoms with Gasteiger partial charge >= 0.3 is 0 Å². The van der Waals surface area contributed by atoms with Crippen LogP contribution in [0.25, 0.3) is 0 Å². The molecule has 1 aromatic rings. The summed E-state index contributed by atoms with van der Waals surface area (Å²) in [5, 5.41) is 3.04. The van der Waals surface area contributed by atoms with Gasteiger partial charge in [0.1, 0.15) is 0 Å². The summed E-state index contributed by atoms with van der Waals surface area (Å²) < 4.78 is 0. The summed E-state index contributed by atoms with van der Waals surface area (Å²) >= 11 is 0. The van der Waals surface area contributed by atoms with Crippen molar-refractivity contribution in [2.45, 2.75) is 53.0 Å². The van der Waals surface area contributed by atoms with Crippen LogP contribution in [0.15, 0.2) is 18.2 Å². The summed E-state index contributed by atoms with van der Waals surface area (Å²) in [5.74, 6) is -0.260. The number of aryl methyl sites for hydroxylation is 2. The standard InChI is InChI=1S/C18H26N2O2/c1-6-18(4,5)19-17(22)14-10-16(21)20(11-14)15-8-7-12(2)13(3)9-15/h7-9,14H,6,10-11H2,1-5H3,(H,19,22). The fraction of sp³-hybridized carbons (Fsp3) is 0.556. The van der Waals surface area contributed by atoms with Gasteiger partial charge in [0.2, 0.25) is 11.8 Å². The lowest BCUT2D eigenvalue weighted by molar-refractivity contribution is -0.127. The summed E-state index contributed by atoms with van der Waals surface area (Å²) in [6.45, 7) is 10.6. The summed E-state index contributed by atoms with van der Waals surface area (Å²) in [4.78, 5) is 26.4. The average Bonchev–Trinajstić information content (AvgIpc) is 2.84. The number of nitrogens with one attached hydrogen (secondary N) is 1. The van der Waals surface area contributed by atoms with Crippen molar-refractivity contribution < 1.29 is 9.59 Å². The van der Waals surface area contributed by atoms with Gasteiger partial charge in [0.05, 0.1) is 5.92 Å². The van der Waals surface area contributed by atoms with Gasteiger partial charge in [-0.3, -0.25) is 9.59 Å². The largest absolute Gasteiger partial charge is 0.351 e. The van der Waals surface area contributed by atoms with Gasteiger partial charge in [-0.05, 0) is 57.4 Å². The van der Waals surface area contributed by atoms with Crippen molar-refractivity contribution >= 4 is 17.5 Å². The number of anilines is 1. The summed E-state index contributed by atoms with van der Waals surface area (Å²) in [5.41, 5.74) is 3.02. The SMILES string of the molecule is CCC(C)(C)NC(=O)C1CC(=O)N(c2ccc(C)c(C)c2)C1. The number of nitrogens with zero attached hydrogens (tertiary/aromatic N) is 1. The van der Waals surface area contributed by atoms with E-state index in [-0.39, 0.29) is 23.3 Å². The van der Waals surface area contributed by atoms with E-state index in [1.807, 2.05) is 52.8 Å². The molecule has 1 heterocycles. The third-order valence-corrected chi connectivity index (χ3v) is 4.64. The summed E-state index contributed by atoms with van der Waals surface area (Å²) in [7, 11) is 0. The van der Waals surface area contributed by atoms with Gasteiger partial charge in [0.15, 0.2) is 0 Å². The first-order valence-corrected chi connectivity index (χ1v) is 7.93. The molecule has 120 valence electrons. The van der Waals surface area contributed by atoms with E-state index < -0.39 is 0 Å². The molecule has 4 nitrogen and oxygen atoms in total. The molecule has 1 aliphatic heterocycles. The van der Waals surface area contributed by atoms with Crippen LogP contribution in [0.5, 0.6) is 0 Å². The molecular weight excluding hydrogens is 276 g/mol. The van der Waals surface area contributed by atoms with Crippen molar-refractivity contribution in [1.29, 1.82) is 0 Å². The zero-order valence-electron chi connectivity index (χ0n) is 14.2. The third-order valence-electron chi connectivity index (χ3n) is 4.64. The zero-order chi connectivity index (χ0) is 16.5. The van der Waals surface area contributed by atoms with Gasteiger partial charge in [-0.25, -0.2) is 0 Å². The Morgan fingerprint density at radius 3 is 2.59 bits per heavy atom. The summed E-state index contributed by atoms with van der Waals surface area (Å²) in [6, 6.07) is 5.99. The van der Waals surface area contributed by atoms with Crippen LogP contribution in [0.3, 0.4) is 0 Å². The third kappa shape index (κ3) is 3.49. The second-order valence-electron chi connectivity index (χ2n) is 6.90. The Kier molecular flexibility index (Phi) is 4.59. The lowest BCUT2D eigenvalue weighted by Crippen LogP contribution is -2.46. The molecule has 0 saturated carbocycles. The second kappa shape index (κ2) is 6.11. The fourth-order valence-electron chi connectivity index (χ4n) is 2.55. The Hall–Kier alpha value is -1.84. The van der Waals surface area contributed by atoms with E-state index in [0.29, 0.717) is 13.0 Å². The maximum absolute atomic E-state index is 12.4. The van der Waals surface area contributed by atoms with E-state index in [0.717, 1.165) is 17.7 Å². The van der Waals surface area contributed by atoms with Gasteiger partial charge in [-0.2, -0.15) is 0 Å². The number of rotatable bonds is 4. The number of amides is 2. The van der Waals surface area contributed by atoms with Gasteiger partial charge in [0, 0.05) is 24.2 Å². The zero-order valence-corrected chi connectivity index (χ0v) is 14.2.